The van der Waals surface area contributed by atoms with Crippen molar-refractivity contribution in [3.63, 3.8) is 0 Å². The van der Waals surface area contributed by atoms with Crippen LogP contribution >= 0.6 is 0 Å². The number of anilines is 1. The zero-order valence-corrected chi connectivity index (χ0v) is 20.3. The first kappa shape index (κ1) is 24.8. The van der Waals surface area contributed by atoms with Crippen LogP contribution in [-0.4, -0.2) is 93.0 Å². The Bertz CT molecular complexity index is 999. The van der Waals surface area contributed by atoms with Gasteiger partial charge in [0.2, 0.25) is 15.9 Å². The summed E-state index contributed by atoms with van der Waals surface area (Å²) in [7, 11) is -3.83. The van der Waals surface area contributed by atoms with Crippen LogP contribution in [0, 0.1) is 10.1 Å². The molecule has 1 atom stereocenters. The summed E-state index contributed by atoms with van der Waals surface area (Å²) >= 11 is 0. The van der Waals surface area contributed by atoms with E-state index in [1.54, 1.807) is 0 Å². The lowest BCUT2D eigenvalue weighted by Gasteiger charge is -2.38. The number of nitrogens with one attached hydrogen (secondary N) is 1. The standard InChI is InChI=1S/C22H33N5O6S/c1-17(22(28)23-18-4-2-3-5-18)24-8-10-25(11-9-24)20-7-6-19(16-21(20)27(29)30)34(31,32)26-12-14-33-15-13-26/h6-7,16-18H,2-5,8-15H2,1H3,(H,23,28). The van der Waals surface area contributed by atoms with Crippen LogP contribution in [0.1, 0.15) is 32.6 Å². The van der Waals surface area contributed by atoms with Gasteiger partial charge in [-0.1, -0.05) is 12.8 Å². The van der Waals surface area contributed by atoms with Gasteiger partial charge in [-0.05, 0) is 31.9 Å². The largest absolute Gasteiger partial charge is 0.379 e. The van der Waals surface area contributed by atoms with Crippen LogP contribution in [0.5, 0.6) is 0 Å². The summed E-state index contributed by atoms with van der Waals surface area (Å²) in [5.74, 6) is 0.0315. The predicted molar refractivity (Wildman–Crippen MR) is 126 cm³/mol. The number of carbonyl (C=O) groups is 1. The van der Waals surface area contributed by atoms with Crippen molar-refractivity contribution in [3.8, 4) is 0 Å². The average molecular weight is 496 g/mol. The van der Waals surface area contributed by atoms with E-state index in [1.165, 1.54) is 16.4 Å². The van der Waals surface area contributed by atoms with Gasteiger partial charge in [0.05, 0.1) is 29.1 Å². The number of morpholine rings is 1. The van der Waals surface area contributed by atoms with Crippen LogP contribution in [0.3, 0.4) is 0 Å². The quantitative estimate of drug-likeness (QED) is 0.442. The molecule has 0 spiro atoms. The van der Waals surface area contributed by atoms with Crippen LogP contribution in [0.25, 0.3) is 0 Å². The van der Waals surface area contributed by atoms with Crippen LogP contribution in [0.4, 0.5) is 11.4 Å². The van der Waals surface area contributed by atoms with Crippen molar-refractivity contribution in [2.75, 3.05) is 57.4 Å². The molecule has 188 valence electrons. The number of sulfonamides is 1. The molecule has 4 rings (SSSR count). The van der Waals surface area contributed by atoms with E-state index >= 15 is 0 Å². The maximum atomic E-state index is 12.9. The van der Waals surface area contributed by atoms with E-state index in [0.29, 0.717) is 45.1 Å². The molecule has 2 heterocycles. The Balaban J connectivity index is 1.43. The fourth-order valence-electron chi connectivity index (χ4n) is 4.92. The molecule has 0 bridgehead atoms. The number of carbonyl (C=O) groups excluding carboxylic acids is 1. The van der Waals surface area contributed by atoms with Crippen LogP contribution < -0.4 is 10.2 Å². The monoisotopic (exact) mass is 495 g/mol. The van der Waals surface area contributed by atoms with Gasteiger partial charge in [0, 0.05) is 51.4 Å². The second kappa shape index (κ2) is 10.5. The highest BCUT2D eigenvalue weighted by molar-refractivity contribution is 7.89. The number of nitro benzene ring substituents is 1. The maximum Gasteiger partial charge on any atom is 0.293 e. The first-order valence-electron chi connectivity index (χ1n) is 11.9. The minimum absolute atomic E-state index is 0.0315. The molecular formula is C22H33N5O6S. The van der Waals surface area contributed by atoms with Crippen molar-refractivity contribution in [2.45, 2.75) is 49.6 Å². The normalized spacial score (nSPS) is 22.0. The predicted octanol–water partition coefficient (Wildman–Crippen LogP) is 1.19. The molecule has 1 aliphatic carbocycles. The van der Waals surface area contributed by atoms with Gasteiger partial charge >= 0.3 is 0 Å². The molecular weight excluding hydrogens is 462 g/mol. The Morgan fingerprint density at radius 2 is 1.76 bits per heavy atom. The van der Waals surface area contributed by atoms with Gasteiger partial charge in [-0.15, -0.1) is 0 Å². The number of hydrogen-bond donors (Lipinski definition) is 1. The van der Waals surface area contributed by atoms with E-state index in [-0.39, 0.29) is 41.7 Å². The van der Waals surface area contributed by atoms with Crippen molar-refractivity contribution >= 4 is 27.3 Å². The Kier molecular flexibility index (Phi) is 7.70. The molecule has 34 heavy (non-hydrogen) atoms. The molecule has 0 radical (unpaired) electrons. The maximum absolute atomic E-state index is 12.9. The molecule has 1 N–H and O–H groups in total. The van der Waals surface area contributed by atoms with Crippen molar-refractivity contribution in [1.29, 1.82) is 0 Å². The summed E-state index contributed by atoms with van der Waals surface area (Å²) in [6.45, 7) is 5.16. The molecule has 1 saturated carbocycles. The van der Waals surface area contributed by atoms with Crippen molar-refractivity contribution in [1.82, 2.24) is 14.5 Å². The number of ether oxygens (including phenoxy) is 1. The first-order chi connectivity index (χ1) is 16.3. The van der Waals surface area contributed by atoms with Gasteiger partial charge in [0.1, 0.15) is 5.69 Å². The Labute approximate surface area is 200 Å². The highest BCUT2D eigenvalue weighted by atomic mass is 32.2. The summed E-state index contributed by atoms with van der Waals surface area (Å²) < 4.78 is 32.4. The van der Waals surface area contributed by atoms with Gasteiger partial charge in [0.25, 0.3) is 5.69 Å². The Hall–Kier alpha value is -2.28. The fraction of sp³-hybridized carbons (Fsp3) is 0.682. The molecule has 1 aromatic rings. The van der Waals surface area contributed by atoms with Gasteiger partial charge in [-0.2, -0.15) is 4.31 Å². The second-order valence-corrected chi connectivity index (χ2v) is 11.1. The third-order valence-electron chi connectivity index (χ3n) is 7.04. The number of hydrogen-bond acceptors (Lipinski definition) is 8. The number of amides is 1. The fourth-order valence-corrected chi connectivity index (χ4v) is 6.35. The van der Waals surface area contributed by atoms with Crippen molar-refractivity contribution in [3.05, 3.63) is 28.3 Å². The van der Waals surface area contributed by atoms with E-state index in [9.17, 15) is 23.3 Å². The highest BCUT2D eigenvalue weighted by Gasteiger charge is 2.32. The number of piperazine rings is 1. The summed E-state index contributed by atoms with van der Waals surface area (Å²) in [6, 6.07) is 4.13. The third-order valence-corrected chi connectivity index (χ3v) is 8.93. The summed E-state index contributed by atoms with van der Waals surface area (Å²) in [5.41, 5.74) is 0.170. The Morgan fingerprint density at radius 3 is 2.38 bits per heavy atom. The summed E-state index contributed by atoms with van der Waals surface area (Å²) in [6.07, 6.45) is 4.38. The van der Waals surface area contributed by atoms with Crippen LogP contribution in [0.15, 0.2) is 23.1 Å². The van der Waals surface area contributed by atoms with E-state index in [4.69, 9.17) is 4.74 Å². The molecule has 1 amide bonds. The average Bonchev–Trinajstić information content (AvgIpc) is 3.37. The smallest absolute Gasteiger partial charge is 0.293 e. The number of rotatable bonds is 7. The van der Waals surface area contributed by atoms with Crippen molar-refractivity contribution in [2.24, 2.45) is 0 Å². The molecule has 3 aliphatic rings. The lowest BCUT2D eigenvalue weighted by molar-refractivity contribution is -0.384. The third kappa shape index (κ3) is 5.35. The van der Waals surface area contributed by atoms with Crippen LogP contribution in [-0.2, 0) is 19.6 Å². The number of nitrogens with zero attached hydrogens (tertiary/aromatic N) is 4. The van der Waals surface area contributed by atoms with Gasteiger partial charge < -0.3 is 15.0 Å². The second-order valence-electron chi connectivity index (χ2n) is 9.11. The van der Waals surface area contributed by atoms with Gasteiger partial charge in [-0.25, -0.2) is 8.42 Å². The van der Waals surface area contributed by atoms with Crippen LogP contribution in [0.2, 0.25) is 0 Å². The minimum Gasteiger partial charge on any atom is -0.379 e. The lowest BCUT2D eigenvalue weighted by Crippen LogP contribution is -2.55. The molecule has 1 unspecified atom stereocenters. The van der Waals surface area contributed by atoms with E-state index in [0.717, 1.165) is 31.7 Å². The van der Waals surface area contributed by atoms with Gasteiger partial charge in [0.15, 0.2) is 0 Å². The van der Waals surface area contributed by atoms with E-state index in [1.807, 2.05) is 11.8 Å². The highest BCUT2D eigenvalue weighted by Crippen LogP contribution is 2.33. The van der Waals surface area contributed by atoms with E-state index in [2.05, 4.69) is 10.2 Å². The zero-order valence-electron chi connectivity index (χ0n) is 19.5. The number of benzene rings is 1. The lowest BCUT2D eigenvalue weighted by atomic mass is 10.1. The molecule has 12 heteroatoms. The molecule has 3 fully saturated rings. The molecule has 2 aliphatic heterocycles. The van der Waals surface area contributed by atoms with Crippen molar-refractivity contribution < 1.29 is 22.9 Å². The first-order valence-corrected chi connectivity index (χ1v) is 13.4. The summed E-state index contributed by atoms with van der Waals surface area (Å²) in [5, 5.41) is 15.0. The topological polar surface area (TPSA) is 125 Å². The number of nitro groups is 1. The SMILES string of the molecule is CC(C(=O)NC1CCCC1)N1CCN(c2ccc(S(=O)(=O)N3CCOCC3)cc2[N+](=O)[O-])CC1. The zero-order chi connectivity index (χ0) is 24.3. The van der Waals surface area contributed by atoms with Gasteiger partial charge in [-0.3, -0.25) is 19.8 Å². The molecule has 2 saturated heterocycles. The summed E-state index contributed by atoms with van der Waals surface area (Å²) in [4.78, 5) is 27.8. The molecule has 0 aromatic heterocycles. The minimum atomic E-state index is -3.83. The molecule has 1 aromatic carbocycles. The molecule has 11 nitrogen and oxygen atoms in total. The van der Waals surface area contributed by atoms with E-state index < -0.39 is 14.9 Å². The Morgan fingerprint density at radius 1 is 1.12 bits per heavy atom.